The van der Waals surface area contributed by atoms with Gasteiger partial charge in [-0.25, -0.2) is 24.2 Å². The molecule has 0 spiro atoms. The number of aromatic nitrogens is 5. The first-order valence-electron chi connectivity index (χ1n) is 10.9. The van der Waals surface area contributed by atoms with E-state index < -0.39 is 17.5 Å². The van der Waals surface area contributed by atoms with Gasteiger partial charge in [0.15, 0.2) is 22.9 Å². The van der Waals surface area contributed by atoms with Crippen LogP contribution in [0, 0.1) is 30.8 Å². The number of nitrogens with zero attached hydrogens (tertiary/aromatic N) is 8. The molecule has 0 saturated heterocycles. The maximum atomic E-state index is 12.3. The van der Waals surface area contributed by atoms with E-state index in [9.17, 15) is 14.4 Å². The van der Waals surface area contributed by atoms with E-state index in [1.54, 1.807) is 30.5 Å². The van der Waals surface area contributed by atoms with E-state index in [1.807, 2.05) is 38.1 Å². The first-order chi connectivity index (χ1) is 18.6. The molecule has 2 aromatic carbocycles. The van der Waals surface area contributed by atoms with E-state index in [0.717, 1.165) is 26.5 Å². The van der Waals surface area contributed by atoms with Crippen molar-refractivity contribution in [1.82, 2.24) is 24.4 Å². The second-order valence-electron chi connectivity index (χ2n) is 7.71. The Balaban J connectivity index is 0.000000185. The highest BCUT2D eigenvalue weighted by Gasteiger charge is 2.16. The number of primary amides is 2. The van der Waals surface area contributed by atoms with Crippen LogP contribution in [0.3, 0.4) is 0 Å². The van der Waals surface area contributed by atoms with Crippen LogP contribution in [-0.2, 0) is 4.79 Å². The van der Waals surface area contributed by atoms with Crippen molar-refractivity contribution in [2.24, 2.45) is 21.5 Å². The SMILES string of the molecule is Cc1ccc(-n2nnc3c(C(N)=O)ncn3c2=O)cc1.Cc1ccc(OC#N)cc1.N=C1N=CN=C1C(N)=O. The van der Waals surface area contributed by atoms with Gasteiger partial charge >= 0.3 is 5.69 Å². The number of ether oxygens (including phenoxy) is 1. The molecule has 15 nitrogen and oxygen atoms in total. The summed E-state index contributed by atoms with van der Waals surface area (Å²) < 4.78 is 6.82. The number of amides is 2. The Bertz CT molecular complexity index is 1690. The molecular weight excluding hydrogens is 506 g/mol. The third kappa shape index (κ3) is 6.80. The number of nitrogens with one attached hydrogen (secondary N) is 1. The largest absolute Gasteiger partial charge is 0.388 e. The normalized spacial score (nSPS) is 11.4. The molecule has 2 amide bonds. The number of amidine groups is 1. The lowest BCUT2D eigenvalue weighted by Gasteiger charge is -2.03. The summed E-state index contributed by atoms with van der Waals surface area (Å²) in [5.74, 6) is -1.04. The molecular formula is C24H21N11O4. The summed E-state index contributed by atoms with van der Waals surface area (Å²) >= 11 is 0. The van der Waals surface area contributed by atoms with E-state index >= 15 is 0 Å². The third-order valence-electron chi connectivity index (χ3n) is 4.89. The first-order valence-corrected chi connectivity index (χ1v) is 10.9. The van der Waals surface area contributed by atoms with Crippen molar-refractivity contribution < 1.29 is 14.3 Å². The van der Waals surface area contributed by atoms with Gasteiger partial charge in [0.25, 0.3) is 18.1 Å². The topological polar surface area (TPSA) is 233 Å². The second-order valence-corrected chi connectivity index (χ2v) is 7.71. The lowest BCUT2D eigenvalue weighted by Crippen LogP contribution is -2.28. The van der Waals surface area contributed by atoms with Gasteiger partial charge in [-0.15, -0.1) is 10.4 Å². The number of benzene rings is 2. The minimum atomic E-state index is -0.755. The number of imidazole rings is 1. The molecule has 0 radical (unpaired) electrons. The highest BCUT2D eigenvalue weighted by atomic mass is 16.5. The Hall–Kier alpha value is -6.04. The van der Waals surface area contributed by atoms with Crippen LogP contribution in [0.5, 0.6) is 5.75 Å². The van der Waals surface area contributed by atoms with Gasteiger partial charge in [-0.1, -0.05) is 40.6 Å². The molecule has 1 aliphatic rings. The van der Waals surface area contributed by atoms with Gasteiger partial charge in [-0.05, 0) is 38.1 Å². The van der Waals surface area contributed by atoms with Gasteiger partial charge in [-0.3, -0.25) is 15.0 Å². The van der Waals surface area contributed by atoms with Gasteiger partial charge in [0.2, 0.25) is 0 Å². The predicted octanol–water partition coefficient (Wildman–Crippen LogP) is 0.469. The fraction of sp³-hybridized carbons (Fsp3) is 0.0833. The van der Waals surface area contributed by atoms with Gasteiger partial charge in [0.05, 0.1) is 5.69 Å². The van der Waals surface area contributed by atoms with Gasteiger partial charge in [0, 0.05) is 0 Å². The van der Waals surface area contributed by atoms with Crippen molar-refractivity contribution >= 4 is 35.3 Å². The standard InChI is InChI=1S/C12H10N6O2.C8H7NO.C4H4N4O/c1-7-2-4-8(5-3-7)18-12(20)17-6-14-9(10(13)19)11(17)15-16-18;1-7-2-4-8(5-3-7)10-6-9;5-3-2(4(6)9)7-1-8-3/h2-6H,1H3,(H2,13,19);2-5H,1H3;1,5H,(H2,6,9). The van der Waals surface area contributed by atoms with Crippen molar-refractivity contribution in [1.29, 1.82) is 10.7 Å². The Morgan fingerprint density at radius 3 is 2.10 bits per heavy atom. The highest BCUT2D eigenvalue weighted by Crippen LogP contribution is 2.10. The zero-order valence-electron chi connectivity index (χ0n) is 20.6. The van der Waals surface area contributed by atoms with Crippen LogP contribution in [0.15, 0.2) is 69.6 Å². The average Bonchev–Trinajstić information content (AvgIpc) is 3.54. The number of aryl methyl sites for hydroxylation is 2. The average molecular weight is 528 g/mol. The van der Waals surface area contributed by atoms with Crippen LogP contribution in [0.2, 0.25) is 0 Å². The molecule has 5 rings (SSSR count). The van der Waals surface area contributed by atoms with Crippen molar-refractivity contribution in [3.8, 4) is 17.7 Å². The van der Waals surface area contributed by atoms with E-state index in [0.29, 0.717) is 11.4 Å². The molecule has 1 aliphatic heterocycles. The van der Waals surface area contributed by atoms with Gasteiger partial charge in [-0.2, -0.15) is 4.68 Å². The number of carbonyl (C=O) groups is 2. The summed E-state index contributed by atoms with van der Waals surface area (Å²) in [5.41, 5.74) is 12.2. The summed E-state index contributed by atoms with van der Waals surface area (Å²) in [6.07, 6.45) is 3.94. The molecule has 39 heavy (non-hydrogen) atoms. The number of rotatable bonds is 4. The Morgan fingerprint density at radius 1 is 1.00 bits per heavy atom. The molecule has 4 aromatic rings. The molecule has 2 aromatic heterocycles. The number of hydrogen-bond acceptors (Lipinski definition) is 10. The van der Waals surface area contributed by atoms with Gasteiger partial charge in [0.1, 0.15) is 18.4 Å². The number of nitriles is 1. The molecule has 196 valence electrons. The van der Waals surface area contributed by atoms with Crippen LogP contribution in [-0.4, -0.2) is 54.1 Å². The van der Waals surface area contributed by atoms with Crippen molar-refractivity contribution in [3.05, 3.63) is 82.2 Å². The number of hydrogen-bond donors (Lipinski definition) is 3. The monoisotopic (exact) mass is 527 g/mol. The lowest BCUT2D eigenvalue weighted by atomic mass is 10.2. The van der Waals surface area contributed by atoms with E-state index in [4.69, 9.17) is 22.1 Å². The maximum absolute atomic E-state index is 12.3. The van der Waals surface area contributed by atoms with Crippen LogP contribution >= 0.6 is 0 Å². The van der Waals surface area contributed by atoms with Crippen molar-refractivity contribution in [2.75, 3.05) is 0 Å². The fourth-order valence-corrected chi connectivity index (χ4v) is 2.93. The minimum Gasteiger partial charge on any atom is -0.388 e. The molecule has 0 bridgehead atoms. The summed E-state index contributed by atoms with van der Waals surface area (Å²) in [6, 6.07) is 14.5. The van der Waals surface area contributed by atoms with E-state index in [1.165, 1.54) is 6.33 Å². The predicted molar refractivity (Wildman–Crippen MR) is 140 cm³/mol. The quantitative estimate of drug-likeness (QED) is 0.315. The lowest BCUT2D eigenvalue weighted by molar-refractivity contribution is -0.111. The van der Waals surface area contributed by atoms with Crippen molar-refractivity contribution in [3.63, 3.8) is 0 Å². The summed E-state index contributed by atoms with van der Waals surface area (Å²) in [7, 11) is 0. The Labute approximate surface area is 220 Å². The highest BCUT2D eigenvalue weighted by molar-refractivity contribution is 6.68. The molecule has 5 N–H and O–H groups in total. The van der Waals surface area contributed by atoms with Gasteiger partial charge < -0.3 is 16.2 Å². The second kappa shape index (κ2) is 12.3. The first kappa shape index (κ1) is 27.5. The zero-order chi connectivity index (χ0) is 28.5. The van der Waals surface area contributed by atoms with Crippen LogP contribution < -0.4 is 21.9 Å². The number of nitrogens with two attached hydrogens (primary N) is 2. The fourth-order valence-electron chi connectivity index (χ4n) is 2.93. The number of aliphatic imine (C=N–C) groups is 2. The smallest absolute Gasteiger partial charge is 0.357 e. The number of fused-ring (bicyclic) bond motifs is 1. The molecule has 0 saturated carbocycles. The zero-order valence-corrected chi connectivity index (χ0v) is 20.6. The minimum absolute atomic E-state index is 0.0471. The maximum Gasteiger partial charge on any atom is 0.357 e. The summed E-state index contributed by atoms with van der Waals surface area (Å²) in [4.78, 5) is 44.3. The van der Waals surface area contributed by atoms with Crippen LogP contribution in [0.25, 0.3) is 11.3 Å². The van der Waals surface area contributed by atoms with Crippen LogP contribution in [0.4, 0.5) is 0 Å². The Morgan fingerprint density at radius 2 is 1.62 bits per heavy atom. The summed E-state index contributed by atoms with van der Waals surface area (Å²) in [6.45, 7) is 3.92. The molecule has 0 aliphatic carbocycles. The van der Waals surface area contributed by atoms with Crippen LogP contribution in [0.1, 0.15) is 21.6 Å². The molecule has 15 heteroatoms. The Kier molecular flexibility index (Phi) is 8.67. The van der Waals surface area contributed by atoms with Crippen molar-refractivity contribution in [2.45, 2.75) is 13.8 Å². The molecule has 3 heterocycles. The number of carbonyl (C=O) groups excluding carboxylic acids is 2. The molecule has 0 unspecified atom stereocenters. The molecule has 0 atom stereocenters. The third-order valence-corrected chi connectivity index (χ3v) is 4.89. The molecule has 0 fully saturated rings. The van der Waals surface area contributed by atoms with E-state index in [-0.39, 0.29) is 22.9 Å². The van der Waals surface area contributed by atoms with E-state index in [2.05, 4.69) is 30.0 Å². The summed E-state index contributed by atoms with van der Waals surface area (Å²) in [5, 5.41) is 22.7.